The van der Waals surface area contributed by atoms with Crippen LogP contribution in [0.25, 0.3) is 20.4 Å². The van der Waals surface area contributed by atoms with Gasteiger partial charge in [0.1, 0.15) is 17.0 Å². The summed E-state index contributed by atoms with van der Waals surface area (Å²) < 4.78 is 1.10. The van der Waals surface area contributed by atoms with Crippen LogP contribution in [0.2, 0.25) is 0 Å². The van der Waals surface area contributed by atoms with Crippen LogP contribution in [0.1, 0.15) is 26.7 Å². The van der Waals surface area contributed by atoms with Gasteiger partial charge < -0.3 is 10.2 Å². The Morgan fingerprint density at radius 2 is 2.00 bits per heavy atom. The van der Waals surface area contributed by atoms with Crippen LogP contribution in [0, 0.1) is 0 Å². The van der Waals surface area contributed by atoms with Crippen LogP contribution < -0.4 is 5.32 Å². The van der Waals surface area contributed by atoms with Gasteiger partial charge in [-0.25, -0.2) is 15.0 Å². The summed E-state index contributed by atoms with van der Waals surface area (Å²) in [5.74, 6) is 0.931. The highest BCUT2D eigenvalue weighted by atomic mass is 32.1. The molecule has 3 heterocycles. The summed E-state index contributed by atoms with van der Waals surface area (Å²) in [6.07, 6.45) is 5.81. The summed E-state index contributed by atoms with van der Waals surface area (Å²) in [5, 5.41) is 4.58. The van der Waals surface area contributed by atoms with E-state index in [1.54, 1.807) is 17.7 Å². The lowest BCUT2D eigenvalue weighted by molar-refractivity contribution is 0.298. The molecule has 122 valence electrons. The molecule has 5 nitrogen and oxygen atoms in total. The zero-order valence-corrected chi connectivity index (χ0v) is 14.6. The topological polar surface area (TPSA) is 53.9 Å². The van der Waals surface area contributed by atoms with Crippen molar-refractivity contribution in [3.8, 4) is 0 Å². The van der Waals surface area contributed by atoms with Crippen molar-refractivity contribution in [3.05, 3.63) is 24.7 Å². The molecule has 3 aromatic rings. The Morgan fingerprint density at radius 3 is 2.83 bits per heavy atom. The summed E-state index contributed by atoms with van der Waals surface area (Å²) in [4.78, 5) is 16.8. The molecule has 0 saturated heterocycles. The predicted molar refractivity (Wildman–Crippen MR) is 98.2 cm³/mol. The summed E-state index contributed by atoms with van der Waals surface area (Å²) in [6.45, 7) is 8.80. The fourth-order valence-electron chi connectivity index (χ4n) is 2.74. The number of hydrogen-bond donors (Lipinski definition) is 1. The summed E-state index contributed by atoms with van der Waals surface area (Å²) in [7, 11) is 0. The fraction of sp³-hybridized carbons (Fsp3) is 0.471. The first-order chi connectivity index (χ1) is 11.3. The predicted octanol–water partition coefficient (Wildman–Crippen LogP) is 3.77. The number of unbranched alkanes of at least 4 members (excludes halogenated alkanes) is 1. The van der Waals surface area contributed by atoms with Crippen LogP contribution in [-0.2, 0) is 0 Å². The second kappa shape index (κ2) is 7.66. The largest absolute Gasteiger partial charge is 0.369 e. The minimum Gasteiger partial charge on any atom is -0.369 e. The standard InChI is InChI=1S/C17H23N5S/c1-3-22(4-2)11-6-5-9-18-16-15-14(20-12-21-16)13-8-7-10-19-17(13)23-15/h7-8,10,12H,3-6,9,11H2,1-2H3,(H,18,20,21). The number of pyridine rings is 1. The maximum Gasteiger partial charge on any atom is 0.147 e. The molecule has 3 rings (SSSR count). The van der Waals surface area contributed by atoms with Crippen molar-refractivity contribution < 1.29 is 0 Å². The van der Waals surface area contributed by atoms with Gasteiger partial charge >= 0.3 is 0 Å². The van der Waals surface area contributed by atoms with E-state index in [-0.39, 0.29) is 0 Å². The zero-order chi connectivity index (χ0) is 16.1. The molecule has 0 aliphatic carbocycles. The third-order valence-corrected chi connectivity index (χ3v) is 5.23. The van der Waals surface area contributed by atoms with Gasteiger partial charge in [0.25, 0.3) is 0 Å². The quantitative estimate of drug-likeness (QED) is 0.638. The minimum absolute atomic E-state index is 0.931. The van der Waals surface area contributed by atoms with Crippen LogP contribution in [-0.4, -0.2) is 46.0 Å². The second-order valence-corrected chi connectivity index (χ2v) is 6.52. The average Bonchev–Trinajstić information content (AvgIpc) is 2.98. The molecule has 0 spiro atoms. The molecular weight excluding hydrogens is 306 g/mol. The highest BCUT2D eigenvalue weighted by Crippen LogP contribution is 2.34. The maximum absolute atomic E-state index is 4.43. The van der Waals surface area contributed by atoms with Crippen LogP contribution in [0.5, 0.6) is 0 Å². The molecule has 0 aliphatic heterocycles. The summed E-state index contributed by atoms with van der Waals surface area (Å²) in [5.41, 5.74) is 0.999. The normalized spacial score (nSPS) is 11.6. The monoisotopic (exact) mass is 329 g/mol. The van der Waals surface area contributed by atoms with Crippen molar-refractivity contribution in [2.45, 2.75) is 26.7 Å². The molecular formula is C17H23N5S. The number of aromatic nitrogens is 3. The third-order valence-electron chi connectivity index (χ3n) is 4.12. The number of thiophene rings is 1. The lowest BCUT2D eigenvalue weighted by atomic mass is 10.2. The smallest absolute Gasteiger partial charge is 0.147 e. The van der Waals surface area contributed by atoms with Gasteiger partial charge in [-0.15, -0.1) is 11.3 Å². The molecule has 0 saturated carbocycles. The molecule has 0 bridgehead atoms. The molecule has 3 aromatic heterocycles. The van der Waals surface area contributed by atoms with E-state index in [0.29, 0.717) is 0 Å². The number of anilines is 1. The molecule has 6 heteroatoms. The molecule has 0 fully saturated rings. The lowest BCUT2D eigenvalue weighted by Gasteiger charge is -2.17. The summed E-state index contributed by atoms with van der Waals surface area (Å²) in [6, 6.07) is 4.03. The zero-order valence-electron chi connectivity index (χ0n) is 13.7. The van der Waals surface area contributed by atoms with E-state index in [1.165, 1.54) is 13.0 Å². The van der Waals surface area contributed by atoms with Crippen molar-refractivity contribution >= 4 is 37.6 Å². The van der Waals surface area contributed by atoms with Gasteiger partial charge in [-0.2, -0.15) is 0 Å². The van der Waals surface area contributed by atoms with E-state index < -0.39 is 0 Å². The molecule has 0 atom stereocenters. The van der Waals surface area contributed by atoms with E-state index in [4.69, 9.17) is 0 Å². The maximum atomic E-state index is 4.43. The van der Waals surface area contributed by atoms with Crippen molar-refractivity contribution in [3.63, 3.8) is 0 Å². The van der Waals surface area contributed by atoms with Gasteiger partial charge in [0.2, 0.25) is 0 Å². The molecule has 0 amide bonds. The van der Waals surface area contributed by atoms with Crippen molar-refractivity contribution in [2.24, 2.45) is 0 Å². The number of nitrogens with zero attached hydrogens (tertiary/aromatic N) is 4. The van der Waals surface area contributed by atoms with Crippen molar-refractivity contribution in [2.75, 3.05) is 31.5 Å². The number of rotatable bonds is 8. The lowest BCUT2D eigenvalue weighted by Crippen LogP contribution is -2.24. The van der Waals surface area contributed by atoms with Crippen molar-refractivity contribution in [1.29, 1.82) is 0 Å². The van der Waals surface area contributed by atoms with Gasteiger partial charge in [-0.3, -0.25) is 0 Å². The number of hydrogen-bond acceptors (Lipinski definition) is 6. The van der Waals surface area contributed by atoms with Gasteiger partial charge in [-0.05, 0) is 44.6 Å². The summed E-state index contributed by atoms with van der Waals surface area (Å²) >= 11 is 1.66. The molecule has 0 radical (unpaired) electrons. The Morgan fingerprint density at radius 1 is 1.13 bits per heavy atom. The van der Waals surface area contributed by atoms with E-state index in [2.05, 4.69) is 45.1 Å². The Hall–Kier alpha value is -1.79. The van der Waals surface area contributed by atoms with E-state index in [1.807, 2.05) is 12.3 Å². The van der Waals surface area contributed by atoms with Gasteiger partial charge in [0.05, 0.1) is 10.2 Å². The van der Waals surface area contributed by atoms with Crippen LogP contribution >= 0.6 is 11.3 Å². The van der Waals surface area contributed by atoms with E-state index >= 15 is 0 Å². The first-order valence-corrected chi connectivity index (χ1v) is 9.09. The van der Waals surface area contributed by atoms with Crippen LogP contribution in [0.4, 0.5) is 5.82 Å². The van der Waals surface area contributed by atoms with Crippen molar-refractivity contribution in [1.82, 2.24) is 19.9 Å². The first-order valence-electron chi connectivity index (χ1n) is 8.28. The first kappa shape index (κ1) is 16.1. The fourth-order valence-corrected chi connectivity index (χ4v) is 3.81. The molecule has 0 aliphatic rings. The van der Waals surface area contributed by atoms with E-state index in [0.717, 1.165) is 52.3 Å². The Bertz CT molecular complexity index is 766. The Kier molecular flexibility index (Phi) is 5.35. The molecule has 0 unspecified atom stereocenters. The molecule has 0 aromatic carbocycles. The van der Waals surface area contributed by atoms with Gasteiger partial charge in [0, 0.05) is 18.1 Å². The Balaban J connectivity index is 1.64. The second-order valence-electron chi connectivity index (χ2n) is 5.52. The minimum atomic E-state index is 0.931. The molecule has 1 N–H and O–H groups in total. The number of fused-ring (bicyclic) bond motifs is 3. The SMILES string of the molecule is CCN(CC)CCCCNc1ncnc2c1sc1ncccc12. The van der Waals surface area contributed by atoms with Gasteiger partial charge in [-0.1, -0.05) is 13.8 Å². The van der Waals surface area contributed by atoms with Gasteiger partial charge in [0.15, 0.2) is 0 Å². The molecule has 23 heavy (non-hydrogen) atoms. The Labute approximate surface area is 140 Å². The van der Waals surface area contributed by atoms with Crippen LogP contribution in [0.15, 0.2) is 24.7 Å². The third kappa shape index (κ3) is 3.59. The average molecular weight is 329 g/mol. The van der Waals surface area contributed by atoms with Crippen LogP contribution in [0.3, 0.4) is 0 Å². The highest BCUT2D eigenvalue weighted by molar-refractivity contribution is 7.25. The van der Waals surface area contributed by atoms with E-state index in [9.17, 15) is 0 Å². The number of nitrogens with one attached hydrogen (secondary N) is 1. The highest BCUT2D eigenvalue weighted by Gasteiger charge is 2.11.